The fourth-order valence-corrected chi connectivity index (χ4v) is 3.50. The number of carboxylic acids is 1. The summed E-state index contributed by atoms with van der Waals surface area (Å²) in [6.07, 6.45) is -0.0775. The molecular formula is C18H22N2O6S. The fourth-order valence-electron chi connectivity index (χ4n) is 3.21. The maximum Gasteiger partial charge on any atom is 0.328 e. The minimum absolute atomic E-state index is 0.106. The van der Waals surface area contributed by atoms with Gasteiger partial charge in [0.2, 0.25) is 11.8 Å². The standard InChI is InChI=1S/C18H22N2O6S/c21-16(14(27)8-11-4-2-1-3-5-11)19-12-6-7-26-15-10-25-9-13(18(23)24)20(15)17(12)22/h1-5,12-15,27H,6-10H2,(H,19,21)(H,23,24)/t12-,13-,14+,15-/m0/s1. The van der Waals surface area contributed by atoms with Crippen LogP contribution in [0.2, 0.25) is 0 Å². The molecule has 0 spiro atoms. The van der Waals surface area contributed by atoms with Gasteiger partial charge in [-0.25, -0.2) is 4.79 Å². The molecule has 3 rings (SSSR count). The van der Waals surface area contributed by atoms with Gasteiger partial charge in [-0.1, -0.05) is 30.3 Å². The van der Waals surface area contributed by atoms with Gasteiger partial charge in [-0.05, 0) is 12.0 Å². The summed E-state index contributed by atoms with van der Waals surface area (Å²) in [5, 5.41) is 11.5. The number of carbonyl (C=O) groups is 3. The minimum Gasteiger partial charge on any atom is -0.480 e. The minimum atomic E-state index is -1.17. The van der Waals surface area contributed by atoms with Crippen molar-refractivity contribution in [1.29, 1.82) is 0 Å². The fraction of sp³-hybridized carbons (Fsp3) is 0.500. The van der Waals surface area contributed by atoms with Gasteiger partial charge in [-0.3, -0.25) is 14.5 Å². The van der Waals surface area contributed by atoms with E-state index in [1.54, 1.807) is 0 Å². The molecule has 0 radical (unpaired) electrons. The Kier molecular flexibility index (Phi) is 6.35. The van der Waals surface area contributed by atoms with E-state index in [1.165, 1.54) is 4.90 Å². The number of hydrogen-bond acceptors (Lipinski definition) is 6. The summed E-state index contributed by atoms with van der Waals surface area (Å²) in [5.74, 6) is -2.01. The van der Waals surface area contributed by atoms with Gasteiger partial charge in [-0.15, -0.1) is 0 Å². The molecule has 9 heteroatoms. The van der Waals surface area contributed by atoms with E-state index in [4.69, 9.17) is 9.47 Å². The number of rotatable bonds is 5. The van der Waals surface area contributed by atoms with Crippen molar-refractivity contribution in [3.8, 4) is 0 Å². The third-order valence-electron chi connectivity index (χ3n) is 4.63. The topological polar surface area (TPSA) is 105 Å². The van der Waals surface area contributed by atoms with Gasteiger partial charge in [0, 0.05) is 6.42 Å². The lowest BCUT2D eigenvalue weighted by Crippen LogP contribution is -2.61. The number of benzene rings is 1. The van der Waals surface area contributed by atoms with Crippen molar-refractivity contribution in [2.45, 2.75) is 36.4 Å². The Bertz CT molecular complexity index is 700. The Labute approximate surface area is 162 Å². The van der Waals surface area contributed by atoms with Gasteiger partial charge in [-0.2, -0.15) is 12.6 Å². The van der Waals surface area contributed by atoms with Crippen molar-refractivity contribution in [1.82, 2.24) is 10.2 Å². The highest BCUT2D eigenvalue weighted by Crippen LogP contribution is 2.21. The molecule has 0 unspecified atom stereocenters. The molecule has 2 fully saturated rings. The first-order valence-electron chi connectivity index (χ1n) is 8.74. The number of nitrogens with zero attached hydrogens (tertiary/aromatic N) is 1. The van der Waals surface area contributed by atoms with Crippen molar-refractivity contribution >= 4 is 30.4 Å². The number of ether oxygens (including phenoxy) is 2. The lowest BCUT2D eigenvalue weighted by molar-refractivity contribution is -0.187. The van der Waals surface area contributed by atoms with Crippen molar-refractivity contribution in [3.63, 3.8) is 0 Å². The molecule has 1 aromatic rings. The SMILES string of the molecule is O=C(N[C@H]1CCO[C@H]2COC[C@@H](C(=O)O)N2C1=O)[C@H](S)Cc1ccccc1. The van der Waals surface area contributed by atoms with Crippen LogP contribution in [0, 0.1) is 0 Å². The molecule has 0 aliphatic carbocycles. The summed E-state index contributed by atoms with van der Waals surface area (Å²) >= 11 is 4.35. The maximum absolute atomic E-state index is 12.9. The summed E-state index contributed by atoms with van der Waals surface area (Å²) < 4.78 is 10.8. The lowest BCUT2D eigenvalue weighted by atomic mass is 10.1. The summed E-state index contributed by atoms with van der Waals surface area (Å²) in [5.41, 5.74) is 0.961. The summed E-state index contributed by atoms with van der Waals surface area (Å²) in [6.45, 7) is 0.216. The smallest absolute Gasteiger partial charge is 0.328 e. The number of nitrogens with one attached hydrogen (secondary N) is 1. The largest absolute Gasteiger partial charge is 0.480 e. The van der Waals surface area contributed by atoms with Crippen LogP contribution in [0.3, 0.4) is 0 Å². The average molecular weight is 394 g/mol. The highest BCUT2D eigenvalue weighted by Gasteiger charge is 2.44. The number of morpholine rings is 1. The van der Waals surface area contributed by atoms with Crippen LogP contribution in [-0.2, 0) is 30.3 Å². The maximum atomic E-state index is 12.9. The van der Waals surface area contributed by atoms with Crippen LogP contribution in [0.15, 0.2) is 30.3 Å². The molecular weight excluding hydrogens is 372 g/mol. The number of thiol groups is 1. The van der Waals surface area contributed by atoms with E-state index in [0.29, 0.717) is 6.42 Å². The van der Waals surface area contributed by atoms with Crippen molar-refractivity contribution in [2.75, 3.05) is 19.8 Å². The average Bonchev–Trinajstić information content (AvgIpc) is 2.81. The third-order valence-corrected chi connectivity index (χ3v) is 5.04. The number of fused-ring (bicyclic) bond motifs is 1. The molecule has 4 atom stereocenters. The van der Waals surface area contributed by atoms with Crippen LogP contribution in [0.1, 0.15) is 12.0 Å². The molecule has 1 aromatic carbocycles. The zero-order chi connectivity index (χ0) is 19.4. The van der Waals surface area contributed by atoms with Crippen molar-refractivity contribution in [3.05, 3.63) is 35.9 Å². The molecule has 8 nitrogen and oxygen atoms in total. The van der Waals surface area contributed by atoms with E-state index in [0.717, 1.165) is 5.56 Å². The molecule has 2 aliphatic heterocycles. The molecule has 2 saturated heterocycles. The second kappa shape index (κ2) is 8.73. The molecule has 2 heterocycles. The number of amides is 2. The molecule has 0 aromatic heterocycles. The summed E-state index contributed by atoms with van der Waals surface area (Å²) in [4.78, 5) is 38.1. The van der Waals surface area contributed by atoms with Gasteiger partial charge < -0.3 is 19.9 Å². The predicted octanol–water partition coefficient (Wildman–Crippen LogP) is 0.0707. The second-order valence-corrected chi connectivity index (χ2v) is 7.14. The van der Waals surface area contributed by atoms with Gasteiger partial charge in [0.1, 0.15) is 6.04 Å². The molecule has 0 bridgehead atoms. The second-order valence-electron chi connectivity index (χ2n) is 6.52. The van der Waals surface area contributed by atoms with Gasteiger partial charge in [0.25, 0.3) is 0 Å². The number of carboxylic acid groups (broad SMARTS) is 1. The first-order chi connectivity index (χ1) is 13.0. The third kappa shape index (κ3) is 4.60. The normalized spacial score (nSPS) is 26.6. The quantitative estimate of drug-likeness (QED) is 0.611. The van der Waals surface area contributed by atoms with Crippen LogP contribution in [0.5, 0.6) is 0 Å². The first kappa shape index (κ1) is 19.7. The van der Waals surface area contributed by atoms with Crippen LogP contribution in [0.25, 0.3) is 0 Å². The van der Waals surface area contributed by atoms with E-state index < -0.39 is 35.4 Å². The van der Waals surface area contributed by atoms with E-state index in [9.17, 15) is 19.5 Å². The van der Waals surface area contributed by atoms with E-state index >= 15 is 0 Å². The first-order valence-corrected chi connectivity index (χ1v) is 9.25. The van der Waals surface area contributed by atoms with Crippen LogP contribution >= 0.6 is 12.6 Å². The number of hydrogen-bond donors (Lipinski definition) is 3. The summed E-state index contributed by atoms with van der Waals surface area (Å²) in [6, 6.07) is 7.46. The zero-order valence-corrected chi connectivity index (χ0v) is 15.5. The Morgan fingerprint density at radius 2 is 2.04 bits per heavy atom. The Balaban J connectivity index is 1.67. The van der Waals surface area contributed by atoms with Gasteiger partial charge in [0.05, 0.1) is 25.1 Å². The lowest BCUT2D eigenvalue weighted by Gasteiger charge is -2.39. The van der Waals surface area contributed by atoms with Crippen LogP contribution in [0.4, 0.5) is 0 Å². The highest BCUT2D eigenvalue weighted by molar-refractivity contribution is 7.81. The van der Waals surface area contributed by atoms with E-state index in [1.807, 2.05) is 30.3 Å². The van der Waals surface area contributed by atoms with Gasteiger partial charge >= 0.3 is 5.97 Å². The highest BCUT2D eigenvalue weighted by atomic mass is 32.1. The molecule has 2 aliphatic rings. The predicted molar refractivity (Wildman–Crippen MR) is 98.3 cm³/mol. The van der Waals surface area contributed by atoms with Crippen molar-refractivity contribution in [2.24, 2.45) is 0 Å². The Hall–Kier alpha value is -2.10. The number of aliphatic carboxylic acids is 1. The zero-order valence-electron chi connectivity index (χ0n) is 14.6. The van der Waals surface area contributed by atoms with Gasteiger partial charge in [0.15, 0.2) is 12.3 Å². The monoisotopic (exact) mass is 394 g/mol. The van der Waals surface area contributed by atoms with E-state index in [-0.39, 0.29) is 32.1 Å². The van der Waals surface area contributed by atoms with Crippen molar-refractivity contribution < 1.29 is 29.0 Å². The Morgan fingerprint density at radius 1 is 1.30 bits per heavy atom. The number of carbonyl (C=O) groups excluding carboxylic acids is 2. The molecule has 0 saturated carbocycles. The summed E-state index contributed by atoms with van der Waals surface area (Å²) in [7, 11) is 0. The van der Waals surface area contributed by atoms with Crippen LogP contribution in [-0.4, -0.2) is 71.2 Å². The van der Waals surface area contributed by atoms with Crippen LogP contribution < -0.4 is 5.32 Å². The molecule has 2 N–H and O–H groups in total. The van der Waals surface area contributed by atoms with E-state index in [2.05, 4.69) is 17.9 Å². The Morgan fingerprint density at radius 3 is 2.74 bits per heavy atom. The molecule has 2 amide bonds. The molecule has 146 valence electrons. The molecule has 27 heavy (non-hydrogen) atoms.